The average Bonchev–Trinajstić information content (AvgIpc) is 2.29. The van der Waals surface area contributed by atoms with Crippen molar-refractivity contribution in [2.75, 3.05) is 14.2 Å². The van der Waals surface area contributed by atoms with Gasteiger partial charge in [-0.3, -0.25) is 0 Å². The van der Waals surface area contributed by atoms with Gasteiger partial charge in [-0.2, -0.15) is 0 Å². The third kappa shape index (κ3) is 2.54. The SMILES string of the molecule is COc1cc(OC)c(C(C)CC=O)cc1C. The first kappa shape index (κ1) is 12.6. The fourth-order valence-electron chi connectivity index (χ4n) is 1.74. The summed E-state index contributed by atoms with van der Waals surface area (Å²) in [6, 6.07) is 3.89. The van der Waals surface area contributed by atoms with Crippen LogP contribution in [0.15, 0.2) is 12.1 Å². The molecular formula is C13H18O3. The van der Waals surface area contributed by atoms with Crippen LogP contribution in [0.25, 0.3) is 0 Å². The number of hydrogen-bond donors (Lipinski definition) is 0. The number of carbonyl (C=O) groups excluding carboxylic acids is 1. The monoisotopic (exact) mass is 222 g/mol. The molecule has 1 aromatic rings. The molecule has 0 spiro atoms. The van der Waals surface area contributed by atoms with Gasteiger partial charge < -0.3 is 14.3 Å². The number of aldehydes is 1. The molecule has 16 heavy (non-hydrogen) atoms. The molecular weight excluding hydrogens is 204 g/mol. The molecule has 0 aliphatic rings. The molecule has 0 saturated heterocycles. The molecule has 0 aromatic heterocycles. The molecule has 0 saturated carbocycles. The molecule has 0 aliphatic carbocycles. The summed E-state index contributed by atoms with van der Waals surface area (Å²) in [6.45, 7) is 3.99. The summed E-state index contributed by atoms with van der Waals surface area (Å²) >= 11 is 0. The lowest BCUT2D eigenvalue weighted by Crippen LogP contribution is -2.00. The van der Waals surface area contributed by atoms with Gasteiger partial charge in [0.25, 0.3) is 0 Å². The molecule has 1 atom stereocenters. The second-order valence-electron chi connectivity index (χ2n) is 3.87. The molecule has 0 bridgehead atoms. The van der Waals surface area contributed by atoms with Crippen LogP contribution in [0.5, 0.6) is 11.5 Å². The van der Waals surface area contributed by atoms with Gasteiger partial charge in [0, 0.05) is 12.5 Å². The third-order valence-corrected chi connectivity index (χ3v) is 2.73. The Bertz CT molecular complexity index is 372. The molecule has 88 valence electrons. The lowest BCUT2D eigenvalue weighted by atomic mass is 9.95. The van der Waals surface area contributed by atoms with E-state index in [4.69, 9.17) is 9.47 Å². The van der Waals surface area contributed by atoms with Crippen molar-refractivity contribution >= 4 is 6.29 Å². The molecule has 0 N–H and O–H groups in total. The summed E-state index contributed by atoms with van der Waals surface area (Å²) in [5.41, 5.74) is 2.10. The van der Waals surface area contributed by atoms with E-state index in [9.17, 15) is 4.79 Å². The normalized spacial score (nSPS) is 12.0. The Morgan fingerprint density at radius 1 is 1.25 bits per heavy atom. The Hall–Kier alpha value is -1.51. The summed E-state index contributed by atoms with van der Waals surface area (Å²) < 4.78 is 10.5. The largest absolute Gasteiger partial charge is 0.496 e. The number of methoxy groups -OCH3 is 2. The van der Waals surface area contributed by atoms with Crippen molar-refractivity contribution in [1.29, 1.82) is 0 Å². The van der Waals surface area contributed by atoms with E-state index in [2.05, 4.69) is 0 Å². The lowest BCUT2D eigenvalue weighted by molar-refractivity contribution is -0.108. The highest BCUT2D eigenvalue weighted by Crippen LogP contribution is 2.34. The smallest absolute Gasteiger partial charge is 0.126 e. The van der Waals surface area contributed by atoms with Crippen LogP contribution < -0.4 is 9.47 Å². The van der Waals surface area contributed by atoms with Gasteiger partial charge in [0.1, 0.15) is 17.8 Å². The minimum Gasteiger partial charge on any atom is -0.496 e. The van der Waals surface area contributed by atoms with E-state index in [1.807, 2.05) is 26.0 Å². The minimum absolute atomic E-state index is 0.164. The van der Waals surface area contributed by atoms with Gasteiger partial charge in [0.15, 0.2) is 0 Å². The molecule has 0 amide bonds. The highest BCUT2D eigenvalue weighted by molar-refractivity contribution is 5.54. The van der Waals surface area contributed by atoms with E-state index in [0.29, 0.717) is 6.42 Å². The number of carbonyl (C=O) groups is 1. The predicted molar refractivity (Wildman–Crippen MR) is 63.4 cm³/mol. The van der Waals surface area contributed by atoms with Crippen LogP contribution in [-0.2, 0) is 4.79 Å². The molecule has 0 aliphatic heterocycles. The second-order valence-corrected chi connectivity index (χ2v) is 3.87. The molecule has 1 rings (SSSR count). The molecule has 0 fully saturated rings. The molecule has 0 radical (unpaired) electrons. The Balaban J connectivity index is 3.17. The predicted octanol–water partition coefficient (Wildman–Crippen LogP) is 2.70. The Morgan fingerprint density at radius 2 is 1.88 bits per heavy atom. The number of ether oxygens (including phenoxy) is 2. The second kappa shape index (κ2) is 5.54. The van der Waals surface area contributed by atoms with Crippen LogP contribution in [0.2, 0.25) is 0 Å². The van der Waals surface area contributed by atoms with E-state index in [1.54, 1.807) is 14.2 Å². The van der Waals surface area contributed by atoms with Crippen molar-refractivity contribution in [1.82, 2.24) is 0 Å². The first-order valence-electron chi connectivity index (χ1n) is 5.30. The first-order valence-corrected chi connectivity index (χ1v) is 5.30. The molecule has 3 heteroatoms. The highest BCUT2D eigenvalue weighted by Gasteiger charge is 2.14. The first-order chi connectivity index (χ1) is 7.63. The van der Waals surface area contributed by atoms with Crippen molar-refractivity contribution in [2.45, 2.75) is 26.2 Å². The van der Waals surface area contributed by atoms with Crippen LogP contribution >= 0.6 is 0 Å². The molecule has 1 unspecified atom stereocenters. The van der Waals surface area contributed by atoms with Crippen molar-refractivity contribution in [3.8, 4) is 11.5 Å². The lowest BCUT2D eigenvalue weighted by Gasteiger charge is -2.16. The van der Waals surface area contributed by atoms with Crippen molar-refractivity contribution in [2.24, 2.45) is 0 Å². The van der Waals surface area contributed by atoms with E-state index in [-0.39, 0.29) is 5.92 Å². The summed E-state index contributed by atoms with van der Waals surface area (Å²) in [4.78, 5) is 10.5. The van der Waals surface area contributed by atoms with Crippen LogP contribution in [0.1, 0.15) is 30.4 Å². The van der Waals surface area contributed by atoms with Gasteiger partial charge in [-0.1, -0.05) is 6.92 Å². The fourth-order valence-corrected chi connectivity index (χ4v) is 1.74. The van der Waals surface area contributed by atoms with E-state index < -0.39 is 0 Å². The van der Waals surface area contributed by atoms with Gasteiger partial charge in [0.05, 0.1) is 14.2 Å². The standard InChI is InChI=1S/C13H18O3/c1-9(5-6-14)11-7-10(2)12(15-3)8-13(11)16-4/h6-9H,5H2,1-4H3. The summed E-state index contributed by atoms with van der Waals surface area (Å²) in [5.74, 6) is 1.74. The zero-order chi connectivity index (χ0) is 12.1. The van der Waals surface area contributed by atoms with Gasteiger partial charge >= 0.3 is 0 Å². The molecule has 3 nitrogen and oxygen atoms in total. The van der Waals surface area contributed by atoms with Crippen LogP contribution in [0, 0.1) is 6.92 Å². The third-order valence-electron chi connectivity index (χ3n) is 2.73. The van der Waals surface area contributed by atoms with E-state index in [0.717, 1.165) is 28.9 Å². The van der Waals surface area contributed by atoms with Crippen molar-refractivity contribution in [3.05, 3.63) is 23.3 Å². The minimum atomic E-state index is 0.164. The Kier molecular flexibility index (Phi) is 4.35. The van der Waals surface area contributed by atoms with Crippen molar-refractivity contribution in [3.63, 3.8) is 0 Å². The summed E-state index contributed by atoms with van der Waals surface area (Å²) in [5, 5.41) is 0. The zero-order valence-corrected chi connectivity index (χ0v) is 10.2. The maximum atomic E-state index is 10.5. The highest BCUT2D eigenvalue weighted by atomic mass is 16.5. The van der Waals surface area contributed by atoms with Crippen LogP contribution in [-0.4, -0.2) is 20.5 Å². The molecule has 1 aromatic carbocycles. The maximum absolute atomic E-state index is 10.5. The van der Waals surface area contributed by atoms with E-state index in [1.165, 1.54) is 0 Å². The Morgan fingerprint density at radius 3 is 2.38 bits per heavy atom. The number of benzene rings is 1. The van der Waals surface area contributed by atoms with Crippen molar-refractivity contribution < 1.29 is 14.3 Å². The summed E-state index contributed by atoms with van der Waals surface area (Å²) in [6.07, 6.45) is 1.44. The summed E-state index contributed by atoms with van der Waals surface area (Å²) in [7, 11) is 3.26. The average molecular weight is 222 g/mol. The Labute approximate surface area is 96.4 Å². The van der Waals surface area contributed by atoms with Crippen LogP contribution in [0.4, 0.5) is 0 Å². The van der Waals surface area contributed by atoms with E-state index >= 15 is 0 Å². The van der Waals surface area contributed by atoms with Gasteiger partial charge in [0.2, 0.25) is 0 Å². The number of aryl methyl sites for hydroxylation is 1. The fraction of sp³-hybridized carbons (Fsp3) is 0.462. The molecule has 0 heterocycles. The maximum Gasteiger partial charge on any atom is 0.126 e. The quantitative estimate of drug-likeness (QED) is 0.718. The van der Waals surface area contributed by atoms with Gasteiger partial charge in [-0.15, -0.1) is 0 Å². The number of rotatable bonds is 5. The topological polar surface area (TPSA) is 35.5 Å². The van der Waals surface area contributed by atoms with Crippen LogP contribution in [0.3, 0.4) is 0 Å². The zero-order valence-electron chi connectivity index (χ0n) is 10.2. The number of hydrogen-bond acceptors (Lipinski definition) is 3. The van der Waals surface area contributed by atoms with Gasteiger partial charge in [-0.05, 0) is 30.0 Å². The van der Waals surface area contributed by atoms with Gasteiger partial charge in [-0.25, -0.2) is 0 Å².